The van der Waals surface area contributed by atoms with Crippen LogP contribution in [0.5, 0.6) is 0 Å². The van der Waals surface area contributed by atoms with E-state index in [0.717, 1.165) is 23.8 Å². The summed E-state index contributed by atoms with van der Waals surface area (Å²) in [4.78, 5) is 0. The molecule has 2 aliphatic carbocycles. The molecule has 3 unspecified atom stereocenters. The van der Waals surface area contributed by atoms with Crippen LogP contribution in [0, 0.1) is 17.8 Å². The molecule has 2 saturated carbocycles. The lowest BCUT2D eigenvalue weighted by Crippen LogP contribution is -2.36. The Bertz CT molecular complexity index is 172. The van der Waals surface area contributed by atoms with Crippen molar-refractivity contribution in [2.45, 2.75) is 57.9 Å². The van der Waals surface area contributed by atoms with E-state index in [-0.39, 0.29) is 0 Å². The molecule has 0 bridgehead atoms. The van der Waals surface area contributed by atoms with E-state index in [9.17, 15) is 0 Å². The molecule has 0 aliphatic heterocycles. The minimum Gasteiger partial charge on any atom is -0.317 e. The molecule has 0 radical (unpaired) electrons. The molecule has 0 saturated heterocycles. The Morgan fingerprint density at radius 1 is 1.21 bits per heavy atom. The zero-order valence-electron chi connectivity index (χ0n) is 9.76. The molecule has 0 heterocycles. The average Bonchev–Trinajstić information content (AvgIpc) is 2.98. The van der Waals surface area contributed by atoms with E-state index in [1.165, 1.54) is 44.9 Å². The van der Waals surface area contributed by atoms with Gasteiger partial charge in [-0.15, -0.1) is 0 Å². The topological polar surface area (TPSA) is 12.0 Å². The van der Waals surface area contributed by atoms with Gasteiger partial charge in [0.25, 0.3) is 0 Å². The highest BCUT2D eigenvalue weighted by Gasteiger charge is 2.31. The molecular weight excluding hydrogens is 170 g/mol. The maximum atomic E-state index is 3.56. The third-order valence-electron chi connectivity index (χ3n) is 4.20. The Labute approximate surface area is 88.7 Å². The quantitative estimate of drug-likeness (QED) is 0.726. The van der Waals surface area contributed by atoms with Gasteiger partial charge < -0.3 is 5.32 Å². The Balaban J connectivity index is 1.82. The third kappa shape index (κ3) is 2.73. The molecule has 2 fully saturated rings. The van der Waals surface area contributed by atoms with E-state index in [4.69, 9.17) is 0 Å². The summed E-state index contributed by atoms with van der Waals surface area (Å²) in [5.74, 6) is 3.03. The zero-order chi connectivity index (χ0) is 9.97. The maximum absolute atomic E-state index is 3.56. The van der Waals surface area contributed by atoms with Crippen LogP contribution >= 0.6 is 0 Å². The van der Waals surface area contributed by atoms with Crippen LogP contribution in [0.2, 0.25) is 0 Å². The molecule has 82 valence electrons. The molecule has 2 aliphatic rings. The van der Waals surface area contributed by atoms with Gasteiger partial charge in [-0.3, -0.25) is 0 Å². The Morgan fingerprint density at radius 3 is 2.57 bits per heavy atom. The van der Waals surface area contributed by atoms with Crippen molar-refractivity contribution >= 4 is 0 Å². The Hall–Kier alpha value is -0.0400. The highest BCUT2D eigenvalue weighted by molar-refractivity contribution is 4.86. The molecule has 0 aromatic heterocycles. The lowest BCUT2D eigenvalue weighted by atomic mass is 9.77. The molecule has 14 heavy (non-hydrogen) atoms. The molecule has 0 spiro atoms. The summed E-state index contributed by atoms with van der Waals surface area (Å²) >= 11 is 0. The van der Waals surface area contributed by atoms with Crippen molar-refractivity contribution in [3.63, 3.8) is 0 Å². The van der Waals surface area contributed by atoms with Gasteiger partial charge in [0.1, 0.15) is 0 Å². The Kier molecular flexibility index (Phi) is 3.48. The fraction of sp³-hybridized carbons (Fsp3) is 1.00. The summed E-state index contributed by atoms with van der Waals surface area (Å²) in [7, 11) is 2.16. The maximum Gasteiger partial charge on any atom is 0.00950 e. The van der Waals surface area contributed by atoms with Crippen LogP contribution in [0.3, 0.4) is 0 Å². The van der Waals surface area contributed by atoms with Gasteiger partial charge in [-0.05, 0) is 44.1 Å². The minimum absolute atomic E-state index is 0.824. The predicted octanol–water partition coefficient (Wildman–Crippen LogP) is 3.20. The molecule has 1 nitrogen and oxygen atoms in total. The molecule has 1 N–H and O–H groups in total. The van der Waals surface area contributed by atoms with Gasteiger partial charge in [-0.1, -0.05) is 32.6 Å². The van der Waals surface area contributed by atoms with Gasteiger partial charge in [-0.2, -0.15) is 0 Å². The van der Waals surface area contributed by atoms with Gasteiger partial charge in [-0.25, -0.2) is 0 Å². The number of rotatable bonds is 4. The van der Waals surface area contributed by atoms with Gasteiger partial charge >= 0.3 is 0 Å². The van der Waals surface area contributed by atoms with Crippen molar-refractivity contribution in [1.82, 2.24) is 5.32 Å². The average molecular weight is 195 g/mol. The first-order valence-corrected chi connectivity index (χ1v) is 6.47. The van der Waals surface area contributed by atoms with Crippen LogP contribution < -0.4 is 5.32 Å². The Morgan fingerprint density at radius 2 is 2.00 bits per heavy atom. The van der Waals surface area contributed by atoms with Crippen molar-refractivity contribution in [1.29, 1.82) is 0 Å². The fourth-order valence-electron chi connectivity index (χ4n) is 3.11. The second-order valence-corrected chi connectivity index (χ2v) is 5.61. The van der Waals surface area contributed by atoms with E-state index in [1.54, 1.807) is 0 Å². The fourth-order valence-corrected chi connectivity index (χ4v) is 3.11. The smallest absolute Gasteiger partial charge is 0.00950 e. The van der Waals surface area contributed by atoms with Crippen LogP contribution in [0.15, 0.2) is 0 Å². The first-order valence-electron chi connectivity index (χ1n) is 6.47. The van der Waals surface area contributed by atoms with E-state index in [0.29, 0.717) is 0 Å². The van der Waals surface area contributed by atoms with Crippen LogP contribution in [0.1, 0.15) is 51.9 Å². The first kappa shape index (κ1) is 10.5. The zero-order valence-corrected chi connectivity index (χ0v) is 9.76. The van der Waals surface area contributed by atoms with Crippen LogP contribution in [0.25, 0.3) is 0 Å². The molecule has 0 amide bonds. The second kappa shape index (κ2) is 4.65. The second-order valence-electron chi connectivity index (χ2n) is 5.61. The summed E-state index contributed by atoms with van der Waals surface area (Å²) in [5.41, 5.74) is 0. The molecule has 2 rings (SSSR count). The number of hydrogen-bond acceptors (Lipinski definition) is 1. The molecular formula is C13H25N. The monoisotopic (exact) mass is 195 g/mol. The van der Waals surface area contributed by atoms with Crippen molar-refractivity contribution in [2.24, 2.45) is 17.8 Å². The normalized spacial score (nSPS) is 35.6. The highest BCUT2D eigenvalue weighted by atomic mass is 14.9. The van der Waals surface area contributed by atoms with Gasteiger partial charge in [0.15, 0.2) is 0 Å². The summed E-state index contributed by atoms with van der Waals surface area (Å²) in [6, 6.07) is 0.824. The van der Waals surface area contributed by atoms with E-state index >= 15 is 0 Å². The minimum atomic E-state index is 0.824. The molecule has 0 aromatic carbocycles. The van der Waals surface area contributed by atoms with E-state index in [2.05, 4.69) is 19.3 Å². The third-order valence-corrected chi connectivity index (χ3v) is 4.20. The largest absolute Gasteiger partial charge is 0.317 e. The van der Waals surface area contributed by atoms with Crippen molar-refractivity contribution in [2.75, 3.05) is 7.05 Å². The van der Waals surface area contributed by atoms with Crippen LogP contribution in [0.4, 0.5) is 0 Å². The van der Waals surface area contributed by atoms with Gasteiger partial charge in [0.2, 0.25) is 0 Å². The summed E-state index contributed by atoms with van der Waals surface area (Å²) in [5, 5.41) is 3.56. The van der Waals surface area contributed by atoms with Gasteiger partial charge in [0, 0.05) is 6.04 Å². The molecule has 0 aromatic rings. The number of nitrogens with one attached hydrogen (secondary N) is 1. The van der Waals surface area contributed by atoms with E-state index in [1.807, 2.05) is 0 Å². The lowest BCUT2D eigenvalue weighted by Gasteiger charge is -2.33. The lowest BCUT2D eigenvalue weighted by molar-refractivity contribution is 0.217. The van der Waals surface area contributed by atoms with Crippen molar-refractivity contribution in [3.8, 4) is 0 Å². The summed E-state index contributed by atoms with van der Waals surface area (Å²) < 4.78 is 0. The first-order chi connectivity index (χ1) is 6.79. The predicted molar refractivity (Wildman–Crippen MR) is 61.3 cm³/mol. The standard InChI is InChI=1S/C13H25N/c1-10-4-3-5-12(8-10)13(14-2)9-11-6-7-11/h10-14H,3-9H2,1-2H3. The highest BCUT2D eigenvalue weighted by Crippen LogP contribution is 2.38. The molecule has 3 atom stereocenters. The van der Waals surface area contributed by atoms with Crippen LogP contribution in [-0.4, -0.2) is 13.1 Å². The summed E-state index contributed by atoms with van der Waals surface area (Å²) in [6.45, 7) is 2.43. The van der Waals surface area contributed by atoms with Gasteiger partial charge in [0.05, 0.1) is 0 Å². The van der Waals surface area contributed by atoms with E-state index < -0.39 is 0 Å². The summed E-state index contributed by atoms with van der Waals surface area (Å²) in [6.07, 6.45) is 10.3. The SMILES string of the molecule is CNC(CC1CC1)C1CCCC(C)C1. The molecule has 1 heteroatoms. The van der Waals surface area contributed by atoms with Crippen LogP contribution in [-0.2, 0) is 0 Å². The number of hydrogen-bond donors (Lipinski definition) is 1. The van der Waals surface area contributed by atoms with Crippen molar-refractivity contribution < 1.29 is 0 Å². The van der Waals surface area contributed by atoms with Crippen molar-refractivity contribution in [3.05, 3.63) is 0 Å².